The molecule has 0 radical (unpaired) electrons. The second-order valence-corrected chi connectivity index (χ2v) is 6.69. The van der Waals surface area contributed by atoms with E-state index in [1.807, 2.05) is 35.2 Å². The molecule has 0 heterocycles. The van der Waals surface area contributed by atoms with Gasteiger partial charge in [-0.05, 0) is 42.5 Å². The number of urea groups is 1. The van der Waals surface area contributed by atoms with Gasteiger partial charge in [0, 0.05) is 19.1 Å². The van der Waals surface area contributed by atoms with E-state index < -0.39 is 0 Å². The first-order valence-corrected chi connectivity index (χ1v) is 9.08. The van der Waals surface area contributed by atoms with Crippen LogP contribution >= 0.6 is 0 Å². The highest BCUT2D eigenvalue weighted by molar-refractivity contribution is 5.74. The molecular formula is C21H26N2O2. The molecule has 4 nitrogen and oxygen atoms in total. The highest BCUT2D eigenvalue weighted by atomic mass is 16.3. The second kappa shape index (κ2) is 8.56. The summed E-state index contributed by atoms with van der Waals surface area (Å²) in [6, 6.07) is 17.6. The van der Waals surface area contributed by atoms with Crippen LogP contribution in [0, 0.1) is 0 Å². The number of nitrogens with zero attached hydrogens (tertiary/aromatic N) is 1. The molecule has 4 heteroatoms. The van der Waals surface area contributed by atoms with E-state index >= 15 is 0 Å². The van der Waals surface area contributed by atoms with E-state index in [4.69, 9.17) is 0 Å². The molecule has 2 amide bonds. The Balaban J connectivity index is 1.59. The van der Waals surface area contributed by atoms with E-state index in [-0.39, 0.29) is 11.8 Å². The average Bonchev–Trinajstić information content (AvgIpc) is 3.17. The number of phenols is 1. The molecule has 0 saturated heterocycles. The Labute approximate surface area is 149 Å². The molecule has 0 spiro atoms. The number of hydrogen-bond acceptors (Lipinski definition) is 2. The minimum absolute atomic E-state index is 0.0101. The number of phenolic OH excluding ortho intramolecular Hbond substituents is 1. The van der Waals surface area contributed by atoms with Gasteiger partial charge in [0.25, 0.3) is 0 Å². The number of amides is 2. The van der Waals surface area contributed by atoms with E-state index in [2.05, 4.69) is 17.4 Å². The van der Waals surface area contributed by atoms with E-state index in [1.165, 1.54) is 18.4 Å². The summed E-state index contributed by atoms with van der Waals surface area (Å²) in [6.07, 6.45) is 5.49. The van der Waals surface area contributed by atoms with Gasteiger partial charge in [0.1, 0.15) is 5.75 Å². The van der Waals surface area contributed by atoms with Crippen LogP contribution in [0.4, 0.5) is 4.79 Å². The lowest BCUT2D eigenvalue weighted by Gasteiger charge is -2.29. The fraction of sp³-hybridized carbons (Fsp3) is 0.381. The molecule has 132 valence electrons. The molecule has 1 aliphatic rings. The normalized spacial score (nSPS) is 14.4. The standard InChI is InChI=1S/C21H26N2O2/c24-20-12-10-18(11-13-20)16-22-21(25)23(19-8-4-5-9-19)15-14-17-6-2-1-3-7-17/h1-3,6-7,10-13,19,24H,4-5,8-9,14-16H2,(H,22,25). The zero-order valence-electron chi connectivity index (χ0n) is 14.5. The molecule has 0 aliphatic heterocycles. The Hall–Kier alpha value is -2.49. The van der Waals surface area contributed by atoms with Crippen molar-refractivity contribution in [1.82, 2.24) is 10.2 Å². The SMILES string of the molecule is O=C(NCc1ccc(O)cc1)N(CCc1ccccc1)C1CCCC1. The lowest BCUT2D eigenvalue weighted by Crippen LogP contribution is -2.46. The molecule has 3 rings (SSSR count). The lowest BCUT2D eigenvalue weighted by molar-refractivity contribution is 0.175. The highest BCUT2D eigenvalue weighted by Crippen LogP contribution is 2.24. The molecule has 25 heavy (non-hydrogen) atoms. The summed E-state index contributed by atoms with van der Waals surface area (Å²) >= 11 is 0. The molecule has 1 fully saturated rings. The van der Waals surface area contributed by atoms with Crippen molar-refractivity contribution < 1.29 is 9.90 Å². The van der Waals surface area contributed by atoms with E-state index in [0.717, 1.165) is 31.4 Å². The Kier molecular flexibility index (Phi) is 5.94. The number of benzene rings is 2. The molecule has 2 N–H and O–H groups in total. The predicted molar refractivity (Wildman–Crippen MR) is 99.5 cm³/mol. The molecule has 0 unspecified atom stereocenters. The monoisotopic (exact) mass is 338 g/mol. The zero-order valence-corrected chi connectivity index (χ0v) is 14.5. The summed E-state index contributed by atoms with van der Waals surface area (Å²) in [5, 5.41) is 12.4. The Morgan fingerprint density at radius 2 is 1.68 bits per heavy atom. The van der Waals surface area contributed by atoms with Gasteiger partial charge in [-0.3, -0.25) is 0 Å². The molecule has 1 aliphatic carbocycles. The number of carbonyl (C=O) groups is 1. The van der Waals surface area contributed by atoms with Gasteiger partial charge >= 0.3 is 6.03 Å². The number of carbonyl (C=O) groups excluding carboxylic acids is 1. The minimum Gasteiger partial charge on any atom is -0.508 e. The van der Waals surface area contributed by atoms with Crippen LogP contribution in [0.15, 0.2) is 54.6 Å². The molecule has 2 aromatic carbocycles. The quantitative estimate of drug-likeness (QED) is 0.833. The maximum Gasteiger partial charge on any atom is 0.317 e. The summed E-state index contributed by atoms with van der Waals surface area (Å²) in [4.78, 5) is 14.8. The summed E-state index contributed by atoms with van der Waals surface area (Å²) in [5.41, 5.74) is 2.25. The third kappa shape index (κ3) is 4.99. The summed E-state index contributed by atoms with van der Waals surface area (Å²) in [7, 11) is 0. The maximum atomic E-state index is 12.8. The van der Waals surface area contributed by atoms with Crippen molar-refractivity contribution >= 4 is 6.03 Å². The molecule has 2 aromatic rings. The van der Waals surface area contributed by atoms with Gasteiger partial charge in [-0.1, -0.05) is 55.3 Å². The molecule has 0 aromatic heterocycles. The largest absolute Gasteiger partial charge is 0.508 e. The van der Waals surface area contributed by atoms with E-state index in [0.29, 0.717) is 12.6 Å². The first-order valence-electron chi connectivity index (χ1n) is 9.08. The molecule has 0 atom stereocenters. The fourth-order valence-corrected chi connectivity index (χ4v) is 3.45. The molecule has 1 saturated carbocycles. The van der Waals surface area contributed by atoms with Crippen molar-refractivity contribution in [3.63, 3.8) is 0 Å². The van der Waals surface area contributed by atoms with Crippen molar-refractivity contribution in [3.8, 4) is 5.75 Å². The Morgan fingerprint density at radius 3 is 2.36 bits per heavy atom. The van der Waals surface area contributed by atoms with E-state index in [9.17, 15) is 9.90 Å². The van der Waals surface area contributed by atoms with Crippen molar-refractivity contribution in [1.29, 1.82) is 0 Å². The van der Waals surface area contributed by atoms with Gasteiger partial charge in [0.15, 0.2) is 0 Å². The van der Waals surface area contributed by atoms with Crippen LogP contribution in [0.2, 0.25) is 0 Å². The van der Waals surface area contributed by atoms with Crippen molar-refractivity contribution in [2.45, 2.75) is 44.7 Å². The fourth-order valence-electron chi connectivity index (χ4n) is 3.45. The minimum atomic E-state index is 0.0101. The van der Waals surface area contributed by atoms with Gasteiger partial charge in [-0.25, -0.2) is 4.79 Å². The molecule has 0 bridgehead atoms. The molecular weight excluding hydrogens is 312 g/mol. The first kappa shape index (κ1) is 17.3. The van der Waals surface area contributed by atoms with Gasteiger partial charge < -0.3 is 15.3 Å². The van der Waals surface area contributed by atoms with Crippen molar-refractivity contribution in [2.24, 2.45) is 0 Å². The smallest absolute Gasteiger partial charge is 0.317 e. The highest BCUT2D eigenvalue weighted by Gasteiger charge is 2.26. The van der Waals surface area contributed by atoms with Crippen molar-refractivity contribution in [3.05, 3.63) is 65.7 Å². The summed E-state index contributed by atoms with van der Waals surface area (Å²) in [6.45, 7) is 1.23. The van der Waals surface area contributed by atoms with Gasteiger partial charge in [-0.15, -0.1) is 0 Å². The van der Waals surface area contributed by atoms with Crippen LogP contribution in [0.5, 0.6) is 5.75 Å². The van der Waals surface area contributed by atoms with Crippen LogP contribution in [-0.4, -0.2) is 28.6 Å². The van der Waals surface area contributed by atoms with Crippen LogP contribution in [0.3, 0.4) is 0 Å². The number of nitrogens with one attached hydrogen (secondary N) is 1. The zero-order chi connectivity index (χ0) is 17.5. The van der Waals surface area contributed by atoms with Crippen LogP contribution < -0.4 is 5.32 Å². The van der Waals surface area contributed by atoms with E-state index in [1.54, 1.807) is 12.1 Å². The van der Waals surface area contributed by atoms with Crippen LogP contribution in [0.1, 0.15) is 36.8 Å². The third-order valence-corrected chi connectivity index (χ3v) is 4.89. The number of aromatic hydroxyl groups is 1. The van der Waals surface area contributed by atoms with Crippen molar-refractivity contribution in [2.75, 3.05) is 6.54 Å². The Morgan fingerprint density at radius 1 is 1.00 bits per heavy atom. The number of hydrogen-bond donors (Lipinski definition) is 2. The maximum absolute atomic E-state index is 12.8. The average molecular weight is 338 g/mol. The number of rotatable bonds is 6. The summed E-state index contributed by atoms with van der Waals surface area (Å²) < 4.78 is 0. The van der Waals surface area contributed by atoms with Crippen LogP contribution in [-0.2, 0) is 13.0 Å². The van der Waals surface area contributed by atoms with Gasteiger partial charge in [0.2, 0.25) is 0 Å². The first-order chi connectivity index (χ1) is 12.2. The summed E-state index contributed by atoms with van der Waals surface area (Å²) in [5.74, 6) is 0.241. The predicted octanol–water partition coefficient (Wildman–Crippen LogP) is 4.09. The second-order valence-electron chi connectivity index (χ2n) is 6.69. The third-order valence-electron chi connectivity index (χ3n) is 4.89. The Bertz CT molecular complexity index is 664. The van der Waals surface area contributed by atoms with Gasteiger partial charge in [0.05, 0.1) is 0 Å². The van der Waals surface area contributed by atoms with Crippen LogP contribution in [0.25, 0.3) is 0 Å². The topological polar surface area (TPSA) is 52.6 Å². The lowest BCUT2D eigenvalue weighted by atomic mass is 10.1. The van der Waals surface area contributed by atoms with Gasteiger partial charge in [-0.2, -0.15) is 0 Å².